The summed E-state index contributed by atoms with van der Waals surface area (Å²) in [6.45, 7) is 2.85. The lowest BCUT2D eigenvalue weighted by atomic mass is 10.0. The van der Waals surface area contributed by atoms with Crippen LogP contribution in [0.3, 0.4) is 0 Å². The van der Waals surface area contributed by atoms with Gasteiger partial charge < -0.3 is 5.32 Å². The van der Waals surface area contributed by atoms with E-state index >= 15 is 0 Å². The topological polar surface area (TPSA) is 66.5 Å². The lowest BCUT2D eigenvalue weighted by Gasteiger charge is -2.17. The van der Waals surface area contributed by atoms with Gasteiger partial charge in [0.25, 0.3) is 0 Å². The van der Waals surface area contributed by atoms with Gasteiger partial charge in [0.1, 0.15) is 5.82 Å². The van der Waals surface area contributed by atoms with Crippen LogP contribution >= 0.6 is 0 Å². The second-order valence-electron chi connectivity index (χ2n) is 6.86. The summed E-state index contributed by atoms with van der Waals surface area (Å²) in [5.41, 5.74) is 1.32. The van der Waals surface area contributed by atoms with Crippen LogP contribution in [0.25, 0.3) is 0 Å². The highest BCUT2D eigenvalue weighted by atomic mass is 32.2. The van der Waals surface area contributed by atoms with Crippen LogP contribution < -0.4 is 5.32 Å². The van der Waals surface area contributed by atoms with E-state index in [0.29, 0.717) is 25.2 Å². The van der Waals surface area contributed by atoms with Crippen molar-refractivity contribution < 1.29 is 17.6 Å². The van der Waals surface area contributed by atoms with E-state index in [4.69, 9.17) is 0 Å². The molecule has 1 aliphatic heterocycles. The number of nitrogens with zero attached hydrogens (tertiary/aromatic N) is 1. The van der Waals surface area contributed by atoms with Crippen molar-refractivity contribution in [1.29, 1.82) is 0 Å². The molecule has 0 radical (unpaired) electrons. The van der Waals surface area contributed by atoms with E-state index < -0.39 is 10.0 Å². The fourth-order valence-corrected chi connectivity index (χ4v) is 4.71. The Morgan fingerprint density at radius 3 is 2.48 bits per heavy atom. The van der Waals surface area contributed by atoms with Crippen molar-refractivity contribution in [3.8, 4) is 0 Å². The molecule has 0 saturated carbocycles. The molecule has 3 rings (SSSR count). The van der Waals surface area contributed by atoms with Crippen molar-refractivity contribution >= 4 is 21.6 Å². The van der Waals surface area contributed by atoms with Gasteiger partial charge in [0.15, 0.2) is 0 Å². The highest BCUT2D eigenvalue weighted by molar-refractivity contribution is 7.89. The lowest BCUT2D eigenvalue weighted by molar-refractivity contribution is -0.119. The molecular weight excluding hydrogens is 367 g/mol. The Morgan fingerprint density at radius 2 is 1.81 bits per heavy atom. The number of hydrogen-bond acceptors (Lipinski definition) is 3. The van der Waals surface area contributed by atoms with Gasteiger partial charge in [-0.3, -0.25) is 4.79 Å². The second-order valence-corrected chi connectivity index (χ2v) is 8.80. The number of anilines is 1. The van der Waals surface area contributed by atoms with Gasteiger partial charge >= 0.3 is 0 Å². The molecule has 2 aromatic carbocycles. The number of amides is 1. The largest absolute Gasteiger partial charge is 0.326 e. The van der Waals surface area contributed by atoms with Crippen molar-refractivity contribution in [2.45, 2.75) is 31.1 Å². The second kappa shape index (κ2) is 8.19. The van der Waals surface area contributed by atoms with Crippen molar-refractivity contribution in [2.75, 3.05) is 18.4 Å². The molecule has 1 unspecified atom stereocenters. The number of benzene rings is 2. The van der Waals surface area contributed by atoms with E-state index in [0.717, 1.165) is 18.4 Å². The van der Waals surface area contributed by atoms with Crippen molar-refractivity contribution in [3.05, 3.63) is 59.9 Å². The van der Waals surface area contributed by atoms with Crippen LogP contribution in [-0.4, -0.2) is 31.7 Å². The number of hydrogen-bond donors (Lipinski definition) is 1. The van der Waals surface area contributed by atoms with Crippen molar-refractivity contribution in [2.24, 2.45) is 5.92 Å². The number of carbonyl (C=O) groups is 1. The fraction of sp³-hybridized carbons (Fsp3) is 0.350. The van der Waals surface area contributed by atoms with Gasteiger partial charge in [0.05, 0.1) is 4.90 Å². The molecule has 27 heavy (non-hydrogen) atoms. The summed E-state index contributed by atoms with van der Waals surface area (Å²) in [5, 5.41) is 2.78. The highest BCUT2D eigenvalue weighted by Gasteiger charge is 2.27. The maximum absolute atomic E-state index is 13.0. The first kappa shape index (κ1) is 19.5. The molecule has 1 N–H and O–H groups in total. The third-order valence-electron chi connectivity index (χ3n) is 4.71. The van der Waals surface area contributed by atoms with E-state index in [1.54, 1.807) is 37.3 Å². The summed E-state index contributed by atoms with van der Waals surface area (Å²) >= 11 is 0. The van der Waals surface area contributed by atoms with Gasteiger partial charge in [-0.15, -0.1) is 0 Å². The number of carbonyl (C=O) groups excluding carboxylic acids is 1. The summed E-state index contributed by atoms with van der Waals surface area (Å²) in [6, 6.07) is 12.4. The van der Waals surface area contributed by atoms with Gasteiger partial charge in [-0.2, -0.15) is 4.31 Å². The number of rotatable bonds is 6. The standard InChI is InChI=1S/C20H23FN2O3S/c1-15(13-16-7-9-17(21)10-8-16)20(24)22-18-5-4-6-19(14-18)27(25,26)23-11-2-3-12-23/h4-10,14-15H,2-3,11-13H2,1H3,(H,22,24). The molecule has 0 spiro atoms. The predicted octanol–water partition coefficient (Wildman–Crippen LogP) is 3.43. The Hall–Kier alpha value is -2.25. The zero-order chi connectivity index (χ0) is 19.4. The zero-order valence-electron chi connectivity index (χ0n) is 15.2. The van der Waals surface area contributed by atoms with Crippen LogP contribution in [0.5, 0.6) is 0 Å². The van der Waals surface area contributed by atoms with Gasteiger partial charge in [-0.25, -0.2) is 12.8 Å². The van der Waals surface area contributed by atoms with E-state index in [1.165, 1.54) is 22.5 Å². The first-order chi connectivity index (χ1) is 12.9. The molecule has 0 aromatic heterocycles. The average Bonchev–Trinajstić information content (AvgIpc) is 3.19. The number of sulfonamides is 1. The highest BCUT2D eigenvalue weighted by Crippen LogP contribution is 2.23. The normalized spacial score (nSPS) is 16.2. The first-order valence-electron chi connectivity index (χ1n) is 9.02. The van der Waals surface area contributed by atoms with Gasteiger partial charge in [0.2, 0.25) is 15.9 Å². The lowest BCUT2D eigenvalue weighted by Crippen LogP contribution is -2.28. The summed E-state index contributed by atoms with van der Waals surface area (Å²) in [5.74, 6) is -0.865. The third-order valence-corrected chi connectivity index (χ3v) is 6.60. The Morgan fingerprint density at radius 1 is 1.15 bits per heavy atom. The quantitative estimate of drug-likeness (QED) is 0.822. The van der Waals surface area contributed by atoms with Crippen LogP contribution in [0.1, 0.15) is 25.3 Å². The summed E-state index contributed by atoms with van der Waals surface area (Å²) in [4.78, 5) is 12.6. The molecule has 2 aromatic rings. The number of nitrogens with one attached hydrogen (secondary N) is 1. The molecule has 144 valence electrons. The maximum atomic E-state index is 13.0. The van der Waals surface area contributed by atoms with Crippen LogP contribution in [0.2, 0.25) is 0 Å². The molecule has 5 nitrogen and oxygen atoms in total. The molecule has 1 fully saturated rings. The Labute approximate surface area is 159 Å². The predicted molar refractivity (Wildman–Crippen MR) is 102 cm³/mol. The van der Waals surface area contributed by atoms with E-state index in [-0.39, 0.29) is 22.5 Å². The third kappa shape index (κ3) is 4.73. The van der Waals surface area contributed by atoms with Gasteiger partial charge in [0, 0.05) is 24.7 Å². The summed E-state index contributed by atoms with van der Waals surface area (Å²) in [6.07, 6.45) is 2.21. The van der Waals surface area contributed by atoms with Crippen molar-refractivity contribution in [3.63, 3.8) is 0 Å². The molecular formula is C20H23FN2O3S. The minimum atomic E-state index is -3.52. The molecule has 1 aliphatic rings. The van der Waals surface area contributed by atoms with E-state index in [1.807, 2.05) is 0 Å². The van der Waals surface area contributed by atoms with Crippen LogP contribution in [0, 0.1) is 11.7 Å². The molecule has 1 heterocycles. The Kier molecular flexibility index (Phi) is 5.92. The van der Waals surface area contributed by atoms with E-state index in [2.05, 4.69) is 5.32 Å². The molecule has 1 amide bonds. The maximum Gasteiger partial charge on any atom is 0.243 e. The van der Waals surface area contributed by atoms with Crippen LogP contribution in [0.4, 0.5) is 10.1 Å². The molecule has 1 atom stereocenters. The van der Waals surface area contributed by atoms with Gasteiger partial charge in [-0.1, -0.05) is 25.1 Å². The van der Waals surface area contributed by atoms with Crippen LogP contribution in [0.15, 0.2) is 53.4 Å². The minimum Gasteiger partial charge on any atom is -0.326 e. The van der Waals surface area contributed by atoms with Crippen molar-refractivity contribution in [1.82, 2.24) is 4.31 Å². The Bertz CT molecular complexity index is 907. The summed E-state index contributed by atoms with van der Waals surface area (Å²) in [7, 11) is -3.52. The fourth-order valence-electron chi connectivity index (χ4n) is 3.14. The smallest absolute Gasteiger partial charge is 0.243 e. The monoisotopic (exact) mass is 390 g/mol. The average molecular weight is 390 g/mol. The molecule has 0 bridgehead atoms. The van der Waals surface area contributed by atoms with E-state index in [9.17, 15) is 17.6 Å². The Balaban J connectivity index is 1.68. The molecule has 0 aliphatic carbocycles. The number of halogens is 1. The van der Waals surface area contributed by atoms with Crippen LogP contribution in [-0.2, 0) is 21.2 Å². The zero-order valence-corrected chi connectivity index (χ0v) is 16.0. The minimum absolute atomic E-state index is 0.188. The molecule has 1 saturated heterocycles. The first-order valence-corrected chi connectivity index (χ1v) is 10.5. The summed E-state index contributed by atoms with van der Waals surface area (Å²) < 4.78 is 39.8. The SMILES string of the molecule is CC(Cc1ccc(F)cc1)C(=O)Nc1cccc(S(=O)(=O)N2CCCC2)c1. The van der Waals surface area contributed by atoms with Gasteiger partial charge in [-0.05, 0) is 55.2 Å². The molecule has 7 heteroatoms.